The van der Waals surface area contributed by atoms with Crippen LogP contribution in [-0.4, -0.2) is 34.7 Å². The van der Waals surface area contributed by atoms with Crippen molar-refractivity contribution in [2.45, 2.75) is 55.4 Å². The molecule has 3 saturated heterocycles. The number of hydrogen-bond acceptors (Lipinski definition) is 6. The van der Waals surface area contributed by atoms with E-state index in [4.69, 9.17) is 10.00 Å². The van der Waals surface area contributed by atoms with Gasteiger partial charge in [-0.25, -0.2) is 4.90 Å². The average Bonchev–Trinajstić information content (AvgIpc) is 3.43. The molecule has 5 rings (SSSR count). The largest absolute Gasteiger partial charge is 0.417 e. The van der Waals surface area contributed by atoms with Crippen molar-refractivity contribution in [2.75, 3.05) is 16.0 Å². The van der Waals surface area contributed by atoms with Gasteiger partial charge in [0.1, 0.15) is 0 Å². The molecule has 3 aliphatic heterocycles. The van der Waals surface area contributed by atoms with Crippen LogP contribution in [0.1, 0.15) is 44.2 Å². The van der Waals surface area contributed by atoms with Gasteiger partial charge < -0.3 is 10.1 Å². The number of benzene rings is 2. The summed E-state index contributed by atoms with van der Waals surface area (Å²) < 4.78 is 47.1. The predicted octanol–water partition coefficient (Wildman–Crippen LogP) is 5.14. The number of carbonyl (C=O) groups is 3. The van der Waals surface area contributed by atoms with E-state index >= 15 is 0 Å². The second-order valence-electron chi connectivity index (χ2n) is 10.1. The van der Waals surface area contributed by atoms with Gasteiger partial charge >= 0.3 is 6.18 Å². The Balaban J connectivity index is 1.37. The number of imide groups is 1. The van der Waals surface area contributed by atoms with Gasteiger partial charge in [-0.15, -0.1) is 11.8 Å². The van der Waals surface area contributed by atoms with E-state index in [0.717, 1.165) is 15.9 Å². The van der Waals surface area contributed by atoms with Crippen LogP contribution < -0.4 is 10.2 Å². The minimum Gasteiger partial charge on any atom is -0.367 e. The first-order valence-electron chi connectivity index (χ1n) is 12.1. The van der Waals surface area contributed by atoms with E-state index in [1.165, 1.54) is 19.1 Å². The molecule has 7 nitrogen and oxygen atoms in total. The molecule has 0 unspecified atom stereocenters. The van der Waals surface area contributed by atoms with Gasteiger partial charge in [-0.05, 0) is 68.7 Å². The average molecular weight is 544 g/mol. The van der Waals surface area contributed by atoms with Crippen molar-refractivity contribution in [3.63, 3.8) is 0 Å². The first-order chi connectivity index (χ1) is 17.9. The lowest BCUT2D eigenvalue weighted by Crippen LogP contribution is -2.42. The number of anilines is 2. The number of fused-ring (bicyclic) bond motifs is 5. The number of halogens is 3. The monoisotopic (exact) mass is 543 g/mol. The molecule has 3 amide bonds. The van der Waals surface area contributed by atoms with Crippen molar-refractivity contribution in [3.05, 3.63) is 53.6 Å². The minimum atomic E-state index is -4.81. The highest BCUT2D eigenvalue weighted by atomic mass is 32.2. The number of hydrogen-bond donors (Lipinski definition) is 1. The second-order valence-corrected chi connectivity index (χ2v) is 11.3. The maximum absolute atomic E-state index is 13.6. The molecule has 11 heteroatoms. The van der Waals surface area contributed by atoms with Crippen molar-refractivity contribution in [3.8, 4) is 6.07 Å². The number of thioether (sulfide) groups is 1. The van der Waals surface area contributed by atoms with E-state index in [2.05, 4.69) is 5.32 Å². The van der Waals surface area contributed by atoms with Crippen molar-refractivity contribution in [1.82, 2.24) is 0 Å². The lowest BCUT2D eigenvalue weighted by molar-refractivity contribution is -0.138. The molecule has 0 aromatic heterocycles. The summed E-state index contributed by atoms with van der Waals surface area (Å²) >= 11 is 1.55. The Morgan fingerprint density at radius 1 is 1.16 bits per heavy atom. The lowest BCUT2D eigenvalue weighted by Gasteiger charge is -2.31. The molecule has 2 aromatic carbocycles. The molecular weight excluding hydrogens is 519 g/mol. The standard InChI is InChI=1S/C27H24F3N3O4S/c1-15(34)32-17-4-7-19(8-5-17)38-12-11-26-10-9-25(2,37-26)21-22(26)24(36)33(23(21)35)18-6-3-16(14-31)20(13-18)27(28,29)30/h3-8,13,21-22H,9-12H2,1-2H3,(H,32,34)/t21-,22+,25-,26-/m1/s1. The zero-order valence-electron chi connectivity index (χ0n) is 20.6. The Hall–Kier alpha value is -3.36. The summed E-state index contributed by atoms with van der Waals surface area (Å²) in [7, 11) is 0. The van der Waals surface area contributed by atoms with Crippen molar-refractivity contribution < 1.29 is 32.3 Å². The summed E-state index contributed by atoms with van der Waals surface area (Å²) in [5, 5.41) is 11.8. The van der Waals surface area contributed by atoms with E-state index in [-0.39, 0.29) is 11.6 Å². The third-order valence-corrected chi connectivity index (χ3v) is 8.68. The number of ether oxygens (including phenoxy) is 1. The molecule has 4 atom stereocenters. The molecule has 198 valence electrons. The number of amides is 3. The van der Waals surface area contributed by atoms with Crippen LogP contribution >= 0.6 is 11.8 Å². The van der Waals surface area contributed by atoms with Gasteiger partial charge in [-0.3, -0.25) is 14.4 Å². The van der Waals surface area contributed by atoms with Gasteiger partial charge in [0.15, 0.2) is 0 Å². The molecule has 0 spiro atoms. The van der Waals surface area contributed by atoms with E-state index in [1.54, 1.807) is 30.8 Å². The van der Waals surface area contributed by atoms with E-state index < -0.39 is 52.2 Å². The summed E-state index contributed by atoms with van der Waals surface area (Å²) in [4.78, 5) is 40.2. The number of nitrogens with one attached hydrogen (secondary N) is 1. The molecule has 0 aliphatic carbocycles. The molecule has 38 heavy (non-hydrogen) atoms. The normalized spacial score (nSPS) is 27.9. The molecular formula is C27H24F3N3O4S. The Kier molecular flexibility index (Phi) is 6.31. The van der Waals surface area contributed by atoms with Crippen LogP contribution in [-0.2, 0) is 25.3 Å². The molecule has 3 aliphatic rings. The molecule has 0 radical (unpaired) electrons. The Labute approximate surface area is 221 Å². The highest BCUT2D eigenvalue weighted by molar-refractivity contribution is 7.99. The van der Waals surface area contributed by atoms with Crippen molar-refractivity contribution >= 4 is 40.9 Å². The first-order valence-corrected chi connectivity index (χ1v) is 13.1. The third kappa shape index (κ3) is 4.25. The fourth-order valence-electron chi connectivity index (χ4n) is 6.05. The number of rotatable bonds is 6. The van der Waals surface area contributed by atoms with E-state index in [1.807, 2.05) is 12.1 Å². The highest BCUT2D eigenvalue weighted by Crippen LogP contribution is 2.62. The molecule has 3 heterocycles. The van der Waals surface area contributed by atoms with Crippen LogP contribution in [0.2, 0.25) is 0 Å². The summed E-state index contributed by atoms with van der Waals surface area (Å²) in [6.45, 7) is 3.22. The number of nitriles is 1. The maximum Gasteiger partial charge on any atom is 0.417 e. The molecule has 1 N–H and O–H groups in total. The van der Waals surface area contributed by atoms with Gasteiger partial charge in [0.25, 0.3) is 0 Å². The Bertz CT molecular complexity index is 1370. The summed E-state index contributed by atoms with van der Waals surface area (Å²) in [5.41, 5.74) is -3.03. The molecule has 2 aromatic rings. The van der Waals surface area contributed by atoms with Gasteiger partial charge in [0.2, 0.25) is 17.7 Å². The number of alkyl halides is 3. The smallest absolute Gasteiger partial charge is 0.367 e. The SMILES string of the molecule is CC(=O)Nc1ccc(SCC[C@@]23CC[C@@](C)(O2)[C@H]2C(=O)N(c4ccc(C#N)c(C(F)(F)F)c4)C(=O)[C@H]23)cc1. The van der Waals surface area contributed by atoms with Gasteiger partial charge in [0.05, 0.1) is 45.9 Å². The quantitative estimate of drug-likeness (QED) is 0.400. The summed E-state index contributed by atoms with van der Waals surface area (Å²) in [6, 6.07) is 11.8. The zero-order valence-corrected chi connectivity index (χ0v) is 21.4. The number of nitrogens with zero attached hydrogens (tertiary/aromatic N) is 2. The van der Waals surface area contributed by atoms with Gasteiger partial charge in [0, 0.05) is 23.3 Å². The molecule has 2 bridgehead atoms. The van der Waals surface area contributed by atoms with Crippen molar-refractivity contribution in [2.24, 2.45) is 11.8 Å². The van der Waals surface area contributed by atoms with E-state index in [0.29, 0.717) is 36.8 Å². The lowest BCUT2D eigenvalue weighted by atomic mass is 9.67. The van der Waals surface area contributed by atoms with Crippen LogP contribution in [0, 0.1) is 23.2 Å². The van der Waals surface area contributed by atoms with Crippen LogP contribution in [0.5, 0.6) is 0 Å². The highest BCUT2D eigenvalue weighted by Gasteiger charge is 2.73. The van der Waals surface area contributed by atoms with Crippen LogP contribution in [0.4, 0.5) is 24.5 Å². The molecule has 3 fully saturated rings. The van der Waals surface area contributed by atoms with Crippen LogP contribution in [0.25, 0.3) is 0 Å². The van der Waals surface area contributed by atoms with Gasteiger partial charge in [-0.1, -0.05) is 0 Å². The number of carbonyl (C=O) groups excluding carboxylic acids is 3. The third-order valence-electron chi connectivity index (χ3n) is 7.67. The summed E-state index contributed by atoms with van der Waals surface area (Å²) in [5.74, 6) is -2.27. The fourth-order valence-corrected chi connectivity index (χ4v) is 7.06. The van der Waals surface area contributed by atoms with Gasteiger partial charge in [-0.2, -0.15) is 18.4 Å². The summed E-state index contributed by atoms with van der Waals surface area (Å²) in [6.07, 6.45) is -3.19. The predicted molar refractivity (Wildman–Crippen MR) is 133 cm³/mol. The fraction of sp³-hybridized carbons (Fsp3) is 0.407. The van der Waals surface area contributed by atoms with Crippen LogP contribution in [0.3, 0.4) is 0 Å². The zero-order chi connectivity index (χ0) is 27.5. The maximum atomic E-state index is 13.6. The minimum absolute atomic E-state index is 0.165. The Morgan fingerprint density at radius 2 is 1.84 bits per heavy atom. The Morgan fingerprint density at radius 3 is 2.47 bits per heavy atom. The molecule has 0 saturated carbocycles. The first kappa shape index (κ1) is 26.3. The van der Waals surface area contributed by atoms with Crippen LogP contribution in [0.15, 0.2) is 47.4 Å². The van der Waals surface area contributed by atoms with Crippen molar-refractivity contribution in [1.29, 1.82) is 5.26 Å². The topological polar surface area (TPSA) is 99.5 Å². The second kappa shape index (κ2) is 9.13. The van der Waals surface area contributed by atoms with E-state index in [9.17, 15) is 27.6 Å².